The predicted octanol–water partition coefficient (Wildman–Crippen LogP) is 4.37. The molecule has 0 N–H and O–H groups in total. The molecule has 1 aromatic heterocycles. The smallest absolute Gasteiger partial charge is 0.226 e. The number of halogens is 4. The van der Waals surface area contributed by atoms with E-state index in [1.807, 2.05) is 0 Å². The molecule has 0 saturated heterocycles. The van der Waals surface area contributed by atoms with Crippen molar-refractivity contribution in [1.29, 1.82) is 0 Å². The van der Waals surface area contributed by atoms with Crippen LogP contribution in [0, 0.1) is 11.6 Å². The molecular weight excluding hydrogens is 311 g/mol. The van der Waals surface area contributed by atoms with Crippen molar-refractivity contribution in [3.63, 3.8) is 0 Å². The Morgan fingerprint density at radius 1 is 1.20 bits per heavy atom. The van der Waals surface area contributed by atoms with Gasteiger partial charge in [-0.25, -0.2) is 13.8 Å². The summed E-state index contributed by atoms with van der Waals surface area (Å²) in [5.74, 6) is -1.44. The highest BCUT2D eigenvalue weighted by Crippen LogP contribution is 2.29. The summed E-state index contributed by atoms with van der Waals surface area (Å²) in [7, 11) is 0. The number of hydrogen-bond acceptors (Lipinski definition) is 3. The van der Waals surface area contributed by atoms with Gasteiger partial charge in [0.15, 0.2) is 17.4 Å². The average molecular weight is 322 g/mol. The van der Waals surface area contributed by atoms with Crippen molar-refractivity contribution in [2.75, 3.05) is 12.5 Å². The van der Waals surface area contributed by atoms with Crippen LogP contribution in [0.25, 0.3) is 11.5 Å². The Kier molecular flexibility index (Phi) is 5.20. The van der Waals surface area contributed by atoms with Crippen LogP contribution in [0.15, 0.2) is 22.8 Å². The molecule has 108 valence electrons. The van der Waals surface area contributed by atoms with Crippen LogP contribution in [0.5, 0.6) is 5.75 Å². The zero-order valence-electron chi connectivity index (χ0n) is 10.3. The Morgan fingerprint density at radius 3 is 2.45 bits per heavy atom. The maximum Gasteiger partial charge on any atom is 0.226 e. The maximum atomic E-state index is 13.8. The van der Waals surface area contributed by atoms with Crippen LogP contribution >= 0.6 is 23.2 Å². The minimum absolute atomic E-state index is 0.103. The Bertz CT molecular complexity index is 566. The maximum absolute atomic E-state index is 13.8. The molecule has 0 saturated carbocycles. The fraction of sp³-hybridized carbons (Fsp3) is 0.308. The van der Waals surface area contributed by atoms with E-state index in [9.17, 15) is 8.78 Å². The molecule has 0 bridgehead atoms. The minimum atomic E-state index is -0.819. The van der Waals surface area contributed by atoms with Crippen molar-refractivity contribution in [2.24, 2.45) is 0 Å². The molecule has 1 aromatic carbocycles. The first kappa shape index (κ1) is 15.1. The number of alkyl halides is 2. The molecule has 7 heteroatoms. The first-order chi connectivity index (χ1) is 9.65. The molecule has 1 heterocycles. The first-order valence-electron chi connectivity index (χ1n) is 5.84. The number of oxazole rings is 1. The predicted molar refractivity (Wildman–Crippen MR) is 72.2 cm³/mol. The van der Waals surface area contributed by atoms with Gasteiger partial charge in [-0.3, -0.25) is 0 Å². The summed E-state index contributed by atoms with van der Waals surface area (Å²) in [4.78, 5) is 4.00. The van der Waals surface area contributed by atoms with Crippen molar-refractivity contribution in [3.8, 4) is 17.2 Å². The van der Waals surface area contributed by atoms with Crippen molar-refractivity contribution < 1.29 is 17.9 Å². The van der Waals surface area contributed by atoms with E-state index in [2.05, 4.69) is 4.98 Å². The molecule has 20 heavy (non-hydrogen) atoms. The topological polar surface area (TPSA) is 35.3 Å². The summed E-state index contributed by atoms with van der Waals surface area (Å²) in [5, 5.41) is 0. The van der Waals surface area contributed by atoms with Gasteiger partial charge in [-0.2, -0.15) is 0 Å². The molecule has 0 atom stereocenters. The van der Waals surface area contributed by atoms with Crippen LogP contribution in [0.2, 0.25) is 0 Å². The second-order valence-electron chi connectivity index (χ2n) is 3.94. The monoisotopic (exact) mass is 321 g/mol. The van der Waals surface area contributed by atoms with E-state index in [1.165, 1.54) is 6.26 Å². The van der Waals surface area contributed by atoms with E-state index in [4.69, 9.17) is 32.4 Å². The number of aromatic nitrogens is 1. The number of hydrogen-bond donors (Lipinski definition) is 0. The zero-order chi connectivity index (χ0) is 14.5. The molecule has 2 rings (SSSR count). The van der Waals surface area contributed by atoms with Crippen molar-refractivity contribution in [3.05, 3.63) is 35.7 Å². The van der Waals surface area contributed by atoms with E-state index in [1.54, 1.807) is 0 Å². The van der Waals surface area contributed by atoms with E-state index in [0.29, 0.717) is 18.0 Å². The van der Waals surface area contributed by atoms with Gasteiger partial charge >= 0.3 is 0 Å². The number of nitrogens with zero attached hydrogens (tertiary/aromatic N) is 1. The molecule has 0 aliphatic carbocycles. The van der Waals surface area contributed by atoms with Crippen molar-refractivity contribution >= 4 is 23.2 Å². The summed E-state index contributed by atoms with van der Waals surface area (Å²) in [6.07, 6.45) is 1.84. The molecule has 0 unspecified atom stereocenters. The van der Waals surface area contributed by atoms with Crippen LogP contribution in [-0.4, -0.2) is 17.5 Å². The van der Waals surface area contributed by atoms with Crippen molar-refractivity contribution in [1.82, 2.24) is 4.98 Å². The summed E-state index contributed by atoms with van der Waals surface area (Å²) in [6, 6.07) is 2.20. The summed E-state index contributed by atoms with van der Waals surface area (Å²) >= 11 is 11.1. The molecule has 0 aliphatic heterocycles. The fourth-order valence-electron chi connectivity index (χ4n) is 1.55. The lowest BCUT2D eigenvalue weighted by molar-refractivity contribution is 0.285. The van der Waals surface area contributed by atoms with Crippen LogP contribution in [0.1, 0.15) is 12.1 Å². The van der Waals surface area contributed by atoms with Crippen LogP contribution < -0.4 is 4.74 Å². The molecule has 0 amide bonds. The quantitative estimate of drug-likeness (QED) is 0.585. The first-order valence-corrected chi connectivity index (χ1v) is 6.91. The van der Waals surface area contributed by atoms with Gasteiger partial charge in [-0.05, 0) is 18.6 Å². The lowest BCUT2D eigenvalue weighted by Crippen LogP contribution is -2.02. The lowest BCUT2D eigenvalue weighted by atomic mass is 10.2. The lowest BCUT2D eigenvalue weighted by Gasteiger charge is -2.08. The van der Waals surface area contributed by atoms with Gasteiger partial charge in [0.2, 0.25) is 5.89 Å². The normalized spacial score (nSPS) is 10.8. The van der Waals surface area contributed by atoms with E-state index < -0.39 is 17.4 Å². The minimum Gasteiger partial charge on any atom is -0.488 e. The third-order valence-electron chi connectivity index (χ3n) is 2.46. The second-order valence-corrected chi connectivity index (χ2v) is 4.58. The average Bonchev–Trinajstić information content (AvgIpc) is 2.90. The molecular formula is C13H11Cl2F2NO2. The molecule has 3 nitrogen and oxygen atoms in total. The third kappa shape index (κ3) is 3.41. The highest BCUT2D eigenvalue weighted by molar-refractivity contribution is 6.17. The van der Waals surface area contributed by atoms with Crippen LogP contribution in [0.4, 0.5) is 8.78 Å². The summed E-state index contributed by atoms with van der Waals surface area (Å²) in [6.45, 7) is 0.145. The third-order valence-corrected chi connectivity index (χ3v) is 3.00. The Morgan fingerprint density at radius 2 is 1.90 bits per heavy atom. The van der Waals surface area contributed by atoms with Gasteiger partial charge in [-0.15, -0.1) is 23.2 Å². The second kappa shape index (κ2) is 6.90. The molecule has 0 spiro atoms. The van der Waals surface area contributed by atoms with Crippen LogP contribution in [0.3, 0.4) is 0 Å². The van der Waals surface area contributed by atoms with Gasteiger partial charge in [0.25, 0.3) is 0 Å². The highest BCUT2D eigenvalue weighted by atomic mass is 35.5. The van der Waals surface area contributed by atoms with Crippen molar-refractivity contribution in [2.45, 2.75) is 12.3 Å². The zero-order valence-corrected chi connectivity index (χ0v) is 11.8. The standard InChI is InChI=1S/C13H11Cl2F2NO2/c14-2-1-3-19-12-10(16)4-8(5-11(12)17)13-18-9(6-15)7-20-13/h4-5,7H,1-3,6H2. The molecule has 0 fully saturated rings. The van der Waals surface area contributed by atoms with Gasteiger partial charge in [0.1, 0.15) is 6.26 Å². The highest BCUT2D eigenvalue weighted by Gasteiger charge is 2.16. The van der Waals surface area contributed by atoms with E-state index in [0.717, 1.165) is 12.1 Å². The fourth-order valence-corrected chi connectivity index (χ4v) is 1.78. The molecule has 2 aromatic rings. The summed E-state index contributed by atoms with van der Waals surface area (Å²) in [5.41, 5.74) is 0.672. The Labute approximate surface area is 124 Å². The van der Waals surface area contributed by atoms with E-state index >= 15 is 0 Å². The molecule has 0 aliphatic rings. The summed E-state index contributed by atoms with van der Waals surface area (Å²) < 4.78 is 37.8. The SMILES string of the molecule is Fc1cc(-c2nc(CCl)co2)cc(F)c1OCCCCl. The van der Waals surface area contributed by atoms with Gasteiger partial charge in [0, 0.05) is 11.4 Å². The van der Waals surface area contributed by atoms with Crippen LogP contribution in [-0.2, 0) is 5.88 Å². The number of ether oxygens (including phenoxy) is 1. The number of benzene rings is 1. The van der Waals surface area contributed by atoms with Gasteiger partial charge in [0.05, 0.1) is 18.2 Å². The van der Waals surface area contributed by atoms with E-state index in [-0.39, 0.29) is 23.9 Å². The Hall–Kier alpha value is -1.33. The van der Waals surface area contributed by atoms with Gasteiger partial charge in [-0.1, -0.05) is 0 Å². The largest absolute Gasteiger partial charge is 0.488 e. The number of rotatable bonds is 6. The molecule has 0 radical (unpaired) electrons. The Balaban J connectivity index is 2.25. The van der Waals surface area contributed by atoms with Gasteiger partial charge < -0.3 is 9.15 Å².